The van der Waals surface area contributed by atoms with E-state index in [4.69, 9.17) is 5.26 Å². The predicted octanol–water partition coefficient (Wildman–Crippen LogP) is 0.994. The van der Waals surface area contributed by atoms with E-state index in [9.17, 15) is 0 Å². The molecular formula is C8H12N2. The molecule has 2 heteroatoms. The first kappa shape index (κ1) is 6.18. The van der Waals surface area contributed by atoms with E-state index in [1.165, 1.54) is 19.4 Å². The Morgan fingerprint density at radius 2 is 2.10 bits per heavy atom. The first-order valence-corrected chi connectivity index (χ1v) is 4.04. The second-order valence-electron chi connectivity index (χ2n) is 3.34. The van der Waals surface area contributed by atoms with Crippen molar-refractivity contribution < 1.29 is 0 Å². The summed E-state index contributed by atoms with van der Waals surface area (Å²) in [6, 6.07) is 3.19. The van der Waals surface area contributed by atoms with Crippen molar-refractivity contribution in [1.82, 2.24) is 4.90 Å². The molecule has 0 aromatic heterocycles. The van der Waals surface area contributed by atoms with Crippen LogP contribution in [0.1, 0.15) is 19.3 Å². The first-order chi connectivity index (χ1) is 4.90. The van der Waals surface area contributed by atoms with E-state index in [0.29, 0.717) is 5.92 Å². The molecule has 2 nitrogen and oxygen atoms in total. The molecule has 2 fully saturated rings. The van der Waals surface area contributed by atoms with Gasteiger partial charge in [-0.15, -0.1) is 0 Å². The lowest BCUT2D eigenvalue weighted by Gasteiger charge is -2.11. The molecule has 10 heavy (non-hydrogen) atoms. The van der Waals surface area contributed by atoms with E-state index >= 15 is 0 Å². The van der Waals surface area contributed by atoms with Crippen LogP contribution in [-0.4, -0.2) is 24.0 Å². The lowest BCUT2D eigenvalue weighted by atomic mass is 10.1. The molecule has 1 heterocycles. The Balaban J connectivity index is 1.87. The molecule has 2 aliphatic rings. The zero-order valence-corrected chi connectivity index (χ0v) is 6.08. The average molecular weight is 136 g/mol. The van der Waals surface area contributed by atoms with Crippen molar-refractivity contribution in [1.29, 1.82) is 5.26 Å². The standard InChI is InChI=1S/C8H12N2/c9-5-7-3-4-10(6-7)8-1-2-8/h7-8H,1-4,6H2/t7-/m1/s1. The molecule has 1 saturated heterocycles. The molecule has 0 aromatic rings. The zero-order chi connectivity index (χ0) is 6.97. The lowest BCUT2D eigenvalue weighted by molar-refractivity contribution is 0.322. The fourth-order valence-corrected chi connectivity index (χ4v) is 1.66. The highest BCUT2D eigenvalue weighted by atomic mass is 15.2. The molecule has 0 N–H and O–H groups in total. The summed E-state index contributed by atoms with van der Waals surface area (Å²) < 4.78 is 0. The molecule has 1 aliphatic carbocycles. The van der Waals surface area contributed by atoms with Gasteiger partial charge in [0.15, 0.2) is 0 Å². The summed E-state index contributed by atoms with van der Waals surface area (Å²) in [6.45, 7) is 2.21. The third-order valence-electron chi connectivity index (χ3n) is 2.47. The van der Waals surface area contributed by atoms with E-state index in [-0.39, 0.29) is 0 Å². The highest BCUT2D eigenvalue weighted by Gasteiger charge is 2.34. The van der Waals surface area contributed by atoms with Crippen LogP contribution in [0, 0.1) is 17.2 Å². The number of nitrogens with zero attached hydrogens (tertiary/aromatic N) is 2. The fraction of sp³-hybridized carbons (Fsp3) is 0.875. The largest absolute Gasteiger partial charge is 0.299 e. The van der Waals surface area contributed by atoms with Crippen LogP contribution < -0.4 is 0 Å². The number of hydrogen-bond acceptors (Lipinski definition) is 2. The number of hydrogen-bond donors (Lipinski definition) is 0. The molecule has 1 saturated carbocycles. The number of likely N-dealkylation sites (tertiary alicyclic amines) is 1. The van der Waals surface area contributed by atoms with Gasteiger partial charge in [-0.1, -0.05) is 0 Å². The summed E-state index contributed by atoms with van der Waals surface area (Å²) in [7, 11) is 0. The SMILES string of the molecule is N#C[C@H]1CCN(C2CC2)C1. The molecule has 0 aromatic carbocycles. The molecule has 0 spiro atoms. The highest BCUT2D eigenvalue weighted by Crippen LogP contribution is 2.31. The Morgan fingerprint density at radius 1 is 1.30 bits per heavy atom. The Kier molecular flexibility index (Phi) is 1.39. The van der Waals surface area contributed by atoms with E-state index in [1.807, 2.05) is 0 Å². The quantitative estimate of drug-likeness (QED) is 0.537. The van der Waals surface area contributed by atoms with Crippen molar-refractivity contribution in [2.75, 3.05) is 13.1 Å². The Labute approximate surface area is 61.4 Å². The zero-order valence-electron chi connectivity index (χ0n) is 6.08. The van der Waals surface area contributed by atoms with Crippen molar-refractivity contribution in [2.45, 2.75) is 25.3 Å². The van der Waals surface area contributed by atoms with Gasteiger partial charge in [-0.2, -0.15) is 5.26 Å². The molecule has 0 unspecified atom stereocenters. The third-order valence-corrected chi connectivity index (χ3v) is 2.47. The molecule has 0 amide bonds. The Hall–Kier alpha value is -0.550. The maximum absolute atomic E-state index is 8.61. The van der Waals surface area contributed by atoms with Gasteiger partial charge >= 0.3 is 0 Å². The van der Waals surface area contributed by atoms with Gasteiger partial charge in [-0.25, -0.2) is 0 Å². The van der Waals surface area contributed by atoms with Gasteiger partial charge in [0.1, 0.15) is 0 Å². The highest BCUT2D eigenvalue weighted by molar-refractivity contribution is 4.96. The van der Waals surface area contributed by atoms with Crippen molar-refractivity contribution >= 4 is 0 Å². The summed E-state index contributed by atoms with van der Waals surface area (Å²) in [5, 5.41) is 8.61. The smallest absolute Gasteiger partial charge is 0.0669 e. The molecule has 0 radical (unpaired) electrons. The van der Waals surface area contributed by atoms with E-state index in [2.05, 4.69) is 11.0 Å². The predicted molar refractivity (Wildman–Crippen MR) is 38.3 cm³/mol. The summed E-state index contributed by atoms with van der Waals surface area (Å²) in [5.41, 5.74) is 0. The van der Waals surface area contributed by atoms with Crippen molar-refractivity contribution in [3.8, 4) is 6.07 Å². The van der Waals surface area contributed by atoms with E-state index in [1.54, 1.807) is 0 Å². The van der Waals surface area contributed by atoms with E-state index < -0.39 is 0 Å². The minimum Gasteiger partial charge on any atom is -0.299 e. The molecular weight excluding hydrogens is 124 g/mol. The summed E-state index contributed by atoms with van der Waals surface area (Å²) in [5.74, 6) is 0.334. The van der Waals surface area contributed by atoms with Crippen molar-refractivity contribution in [3.63, 3.8) is 0 Å². The van der Waals surface area contributed by atoms with Crippen LogP contribution >= 0.6 is 0 Å². The van der Waals surface area contributed by atoms with Crippen LogP contribution in [0.15, 0.2) is 0 Å². The number of rotatable bonds is 1. The van der Waals surface area contributed by atoms with Crippen LogP contribution in [0.25, 0.3) is 0 Å². The maximum atomic E-state index is 8.61. The van der Waals surface area contributed by atoms with Crippen LogP contribution in [0.2, 0.25) is 0 Å². The van der Waals surface area contributed by atoms with E-state index in [0.717, 1.165) is 19.0 Å². The average Bonchev–Trinajstić information content (AvgIpc) is 2.70. The molecule has 54 valence electrons. The van der Waals surface area contributed by atoms with Gasteiger partial charge in [-0.3, -0.25) is 4.90 Å². The normalized spacial score (nSPS) is 34.1. The van der Waals surface area contributed by atoms with Gasteiger partial charge in [0.25, 0.3) is 0 Å². The monoisotopic (exact) mass is 136 g/mol. The molecule has 2 rings (SSSR count). The molecule has 1 atom stereocenters. The van der Waals surface area contributed by atoms with Crippen LogP contribution in [0.4, 0.5) is 0 Å². The first-order valence-electron chi connectivity index (χ1n) is 4.04. The molecule has 0 bridgehead atoms. The Morgan fingerprint density at radius 3 is 2.60 bits per heavy atom. The van der Waals surface area contributed by atoms with Gasteiger partial charge in [0, 0.05) is 12.6 Å². The van der Waals surface area contributed by atoms with Gasteiger partial charge in [0.2, 0.25) is 0 Å². The van der Waals surface area contributed by atoms with Crippen LogP contribution in [0.3, 0.4) is 0 Å². The van der Waals surface area contributed by atoms with Crippen LogP contribution in [-0.2, 0) is 0 Å². The van der Waals surface area contributed by atoms with Crippen molar-refractivity contribution in [2.24, 2.45) is 5.92 Å². The van der Waals surface area contributed by atoms with Gasteiger partial charge < -0.3 is 0 Å². The third kappa shape index (κ3) is 1.02. The second-order valence-corrected chi connectivity index (χ2v) is 3.34. The minimum absolute atomic E-state index is 0.334. The topological polar surface area (TPSA) is 27.0 Å². The summed E-state index contributed by atoms with van der Waals surface area (Å²) in [6.07, 6.45) is 3.85. The van der Waals surface area contributed by atoms with Gasteiger partial charge in [-0.05, 0) is 25.8 Å². The lowest BCUT2D eigenvalue weighted by Crippen LogP contribution is -2.22. The van der Waals surface area contributed by atoms with Crippen LogP contribution in [0.5, 0.6) is 0 Å². The van der Waals surface area contributed by atoms with Gasteiger partial charge in [0.05, 0.1) is 12.0 Å². The maximum Gasteiger partial charge on any atom is 0.0669 e. The second kappa shape index (κ2) is 2.25. The Bertz CT molecular complexity index is 167. The van der Waals surface area contributed by atoms with Crippen molar-refractivity contribution in [3.05, 3.63) is 0 Å². The summed E-state index contributed by atoms with van der Waals surface area (Å²) >= 11 is 0. The fourth-order valence-electron chi connectivity index (χ4n) is 1.66. The number of nitriles is 1. The molecule has 1 aliphatic heterocycles. The summed E-state index contributed by atoms with van der Waals surface area (Å²) in [4.78, 5) is 2.47. The minimum atomic E-state index is 0.334.